The average Bonchev–Trinajstić information content (AvgIpc) is 3.07. The molecule has 0 N–H and O–H groups in total. The smallest absolute Gasteiger partial charge is 0.0662 e. The van der Waals surface area contributed by atoms with E-state index in [2.05, 4.69) is 36.5 Å². The molecule has 4 aliphatic carbocycles. The van der Waals surface area contributed by atoms with Gasteiger partial charge >= 0.3 is 0 Å². The molecule has 4 atom stereocenters. The molecule has 0 heterocycles. The van der Waals surface area contributed by atoms with Gasteiger partial charge in [-0.05, 0) is 74.3 Å². The highest BCUT2D eigenvalue weighted by Crippen LogP contribution is 2.55. The largest absolute Gasteiger partial charge is 0.114 e. The van der Waals surface area contributed by atoms with E-state index < -0.39 is 0 Å². The Kier molecular flexibility index (Phi) is 3.82. The van der Waals surface area contributed by atoms with Crippen LogP contribution in [0.25, 0.3) is 0 Å². The van der Waals surface area contributed by atoms with Crippen LogP contribution < -0.4 is 0 Å². The minimum Gasteiger partial charge on any atom is -0.114 e. The lowest BCUT2D eigenvalue weighted by atomic mass is 9.83. The first-order valence-electron chi connectivity index (χ1n) is 8.73. The number of halogens is 2. The highest BCUT2D eigenvalue weighted by Gasteiger charge is 2.47. The van der Waals surface area contributed by atoms with E-state index >= 15 is 0 Å². The monoisotopic (exact) mass is 334 g/mol. The SMILES string of the molecule is ClC1(CCC2(Cl)CCC3CC=CC=C32)CCC2CC=CC=C21. The lowest BCUT2D eigenvalue weighted by Gasteiger charge is -2.32. The zero-order valence-electron chi connectivity index (χ0n) is 13.0. The first-order valence-corrected chi connectivity index (χ1v) is 9.49. The van der Waals surface area contributed by atoms with Gasteiger partial charge < -0.3 is 0 Å². The molecule has 118 valence electrons. The Bertz CT molecular complexity index is 531. The van der Waals surface area contributed by atoms with Gasteiger partial charge in [-0.1, -0.05) is 36.5 Å². The summed E-state index contributed by atoms with van der Waals surface area (Å²) < 4.78 is 0. The van der Waals surface area contributed by atoms with E-state index in [1.165, 1.54) is 36.8 Å². The van der Waals surface area contributed by atoms with Crippen LogP contribution in [0.15, 0.2) is 47.6 Å². The standard InChI is InChI=1S/C20H24Cl2/c21-19(11-9-15-5-1-3-7-17(15)19)13-14-20(22)12-10-16-6-2-4-8-18(16)20/h1-4,7-8,15-16H,5-6,9-14H2. The third-order valence-corrected chi connectivity index (χ3v) is 7.47. The fourth-order valence-electron chi connectivity index (χ4n) is 4.96. The highest BCUT2D eigenvalue weighted by atomic mass is 35.5. The van der Waals surface area contributed by atoms with Crippen LogP contribution in [0, 0.1) is 11.8 Å². The van der Waals surface area contributed by atoms with Crippen molar-refractivity contribution in [3.63, 3.8) is 0 Å². The van der Waals surface area contributed by atoms with Gasteiger partial charge in [-0.2, -0.15) is 0 Å². The van der Waals surface area contributed by atoms with Crippen LogP contribution in [0.3, 0.4) is 0 Å². The minimum atomic E-state index is -0.138. The molecule has 0 bridgehead atoms. The van der Waals surface area contributed by atoms with Crippen molar-refractivity contribution in [3.05, 3.63) is 47.6 Å². The Labute approximate surface area is 143 Å². The van der Waals surface area contributed by atoms with Crippen LogP contribution in [0.4, 0.5) is 0 Å². The van der Waals surface area contributed by atoms with Gasteiger partial charge in [0, 0.05) is 0 Å². The van der Waals surface area contributed by atoms with Gasteiger partial charge in [0.05, 0.1) is 9.75 Å². The maximum absolute atomic E-state index is 7.07. The van der Waals surface area contributed by atoms with Crippen molar-refractivity contribution < 1.29 is 0 Å². The summed E-state index contributed by atoms with van der Waals surface area (Å²) in [6, 6.07) is 0. The van der Waals surface area contributed by atoms with Gasteiger partial charge in [-0.3, -0.25) is 0 Å². The average molecular weight is 335 g/mol. The van der Waals surface area contributed by atoms with Gasteiger partial charge in [0.15, 0.2) is 0 Å². The summed E-state index contributed by atoms with van der Waals surface area (Å²) in [5, 5.41) is 0. The number of hydrogen-bond donors (Lipinski definition) is 0. The summed E-state index contributed by atoms with van der Waals surface area (Å²) in [6.07, 6.45) is 22.6. The Hall–Kier alpha value is -0.460. The second kappa shape index (κ2) is 5.56. The Morgan fingerprint density at radius 3 is 1.73 bits per heavy atom. The zero-order chi connectivity index (χ0) is 15.2. The molecule has 2 heteroatoms. The van der Waals surface area contributed by atoms with Gasteiger partial charge in [0.1, 0.15) is 0 Å². The van der Waals surface area contributed by atoms with Crippen molar-refractivity contribution in [3.8, 4) is 0 Å². The van der Waals surface area contributed by atoms with Crippen LogP contribution in [0.1, 0.15) is 51.4 Å². The molecule has 4 unspecified atom stereocenters. The Morgan fingerprint density at radius 1 is 0.818 bits per heavy atom. The maximum Gasteiger partial charge on any atom is 0.0662 e. The lowest BCUT2D eigenvalue weighted by Crippen LogP contribution is -2.28. The van der Waals surface area contributed by atoms with Crippen LogP contribution in [-0.2, 0) is 0 Å². The van der Waals surface area contributed by atoms with E-state index in [1.54, 1.807) is 0 Å². The zero-order valence-corrected chi connectivity index (χ0v) is 14.5. The maximum atomic E-state index is 7.07. The van der Waals surface area contributed by atoms with Crippen molar-refractivity contribution in [2.45, 2.75) is 61.1 Å². The summed E-state index contributed by atoms with van der Waals surface area (Å²) >= 11 is 14.1. The summed E-state index contributed by atoms with van der Waals surface area (Å²) in [6.45, 7) is 0. The van der Waals surface area contributed by atoms with Gasteiger partial charge in [0.25, 0.3) is 0 Å². The number of hydrogen-bond acceptors (Lipinski definition) is 0. The van der Waals surface area contributed by atoms with E-state index in [-0.39, 0.29) is 9.75 Å². The first-order chi connectivity index (χ1) is 10.6. The van der Waals surface area contributed by atoms with Crippen molar-refractivity contribution in [2.75, 3.05) is 0 Å². The summed E-state index contributed by atoms with van der Waals surface area (Å²) in [5.41, 5.74) is 2.95. The predicted octanol–water partition coefficient (Wildman–Crippen LogP) is 6.31. The van der Waals surface area contributed by atoms with E-state index in [9.17, 15) is 0 Å². The Morgan fingerprint density at radius 2 is 1.27 bits per heavy atom. The molecule has 0 saturated heterocycles. The lowest BCUT2D eigenvalue weighted by molar-refractivity contribution is 0.511. The van der Waals surface area contributed by atoms with Crippen LogP contribution >= 0.6 is 23.2 Å². The third kappa shape index (κ3) is 2.43. The van der Waals surface area contributed by atoms with Crippen LogP contribution in [0.5, 0.6) is 0 Å². The van der Waals surface area contributed by atoms with Crippen molar-refractivity contribution in [2.24, 2.45) is 11.8 Å². The summed E-state index contributed by atoms with van der Waals surface area (Å²) in [4.78, 5) is -0.277. The van der Waals surface area contributed by atoms with E-state index in [1.807, 2.05) is 0 Å². The number of alkyl halides is 2. The number of allylic oxidation sites excluding steroid dienone is 8. The highest BCUT2D eigenvalue weighted by molar-refractivity contribution is 6.27. The van der Waals surface area contributed by atoms with Crippen molar-refractivity contribution in [1.82, 2.24) is 0 Å². The number of rotatable bonds is 3. The molecule has 0 nitrogen and oxygen atoms in total. The molecule has 0 radical (unpaired) electrons. The molecular weight excluding hydrogens is 311 g/mol. The molecule has 0 aromatic rings. The topological polar surface area (TPSA) is 0 Å². The van der Waals surface area contributed by atoms with Gasteiger partial charge in [-0.25, -0.2) is 0 Å². The summed E-state index contributed by atoms with van der Waals surface area (Å²) in [5.74, 6) is 1.36. The molecule has 2 fully saturated rings. The molecule has 0 aliphatic heterocycles. The minimum absolute atomic E-state index is 0.138. The second-order valence-electron chi connectivity index (χ2n) is 7.47. The van der Waals surface area contributed by atoms with Crippen LogP contribution in [0.2, 0.25) is 0 Å². The first kappa shape index (κ1) is 15.1. The van der Waals surface area contributed by atoms with Gasteiger partial charge in [0.2, 0.25) is 0 Å². The fourth-order valence-corrected chi connectivity index (χ4v) is 5.80. The van der Waals surface area contributed by atoms with Crippen molar-refractivity contribution >= 4 is 23.2 Å². The molecule has 22 heavy (non-hydrogen) atoms. The molecule has 0 spiro atoms. The molecule has 0 amide bonds. The fraction of sp³-hybridized carbons (Fsp3) is 0.600. The summed E-state index contributed by atoms with van der Waals surface area (Å²) in [7, 11) is 0. The molecule has 4 aliphatic rings. The van der Waals surface area contributed by atoms with E-state index in [0.29, 0.717) is 11.8 Å². The molecule has 4 rings (SSSR count). The normalized spacial score (nSPS) is 42.8. The van der Waals surface area contributed by atoms with Crippen LogP contribution in [-0.4, -0.2) is 9.75 Å². The molecular formula is C20H24Cl2. The predicted molar refractivity (Wildman–Crippen MR) is 95.5 cm³/mol. The quantitative estimate of drug-likeness (QED) is 0.530. The van der Waals surface area contributed by atoms with Crippen molar-refractivity contribution in [1.29, 1.82) is 0 Å². The Balaban J connectivity index is 1.50. The molecule has 2 saturated carbocycles. The third-order valence-electron chi connectivity index (χ3n) is 6.27. The number of fused-ring (bicyclic) bond motifs is 2. The molecule has 0 aromatic heterocycles. The molecule has 0 aromatic carbocycles. The van der Waals surface area contributed by atoms with E-state index in [4.69, 9.17) is 23.2 Å². The van der Waals surface area contributed by atoms with E-state index in [0.717, 1.165) is 25.7 Å². The van der Waals surface area contributed by atoms with Gasteiger partial charge in [-0.15, -0.1) is 23.2 Å². The second-order valence-corrected chi connectivity index (χ2v) is 8.92.